The second-order valence-corrected chi connectivity index (χ2v) is 6.33. The molecule has 2 aromatic rings. The first kappa shape index (κ1) is 15.9. The summed E-state index contributed by atoms with van der Waals surface area (Å²) in [6.07, 6.45) is 2.18. The van der Waals surface area contributed by atoms with Crippen molar-refractivity contribution in [1.29, 1.82) is 0 Å². The van der Waals surface area contributed by atoms with Crippen molar-refractivity contribution in [3.8, 4) is 11.4 Å². The summed E-state index contributed by atoms with van der Waals surface area (Å²) < 4.78 is 13.1. The van der Waals surface area contributed by atoms with E-state index in [1.165, 1.54) is 12.1 Å². The second kappa shape index (κ2) is 7.04. The number of piperidine rings is 1. The maximum atomic E-state index is 13.1. The molecule has 0 radical (unpaired) electrons. The zero-order chi connectivity index (χ0) is 16.2. The van der Waals surface area contributed by atoms with Gasteiger partial charge in [-0.05, 0) is 56.1 Å². The van der Waals surface area contributed by atoms with E-state index in [0.29, 0.717) is 17.8 Å². The highest BCUT2D eigenvalue weighted by Crippen LogP contribution is 2.23. The van der Waals surface area contributed by atoms with E-state index in [4.69, 9.17) is 0 Å². The molecule has 0 amide bonds. The number of aromatic nitrogens is 2. The van der Waals surface area contributed by atoms with Gasteiger partial charge < -0.3 is 10.6 Å². The zero-order valence-electron chi connectivity index (χ0n) is 13.6. The van der Waals surface area contributed by atoms with Gasteiger partial charge in [-0.1, -0.05) is 13.8 Å². The lowest BCUT2D eigenvalue weighted by Crippen LogP contribution is -2.35. The van der Waals surface area contributed by atoms with Gasteiger partial charge in [0.15, 0.2) is 5.82 Å². The van der Waals surface area contributed by atoms with Crippen LogP contribution in [0, 0.1) is 5.82 Å². The van der Waals surface area contributed by atoms with Gasteiger partial charge in [0, 0.05) is 23.4 Å². The van der Waals surface area contributed by atoms with Crippen LogP contribution >= 0.6 is 0 Å². The molecule has 23 heavy (non-hydrogen) atoms. The molecule has 0 saturated carbocycles. The molecule has 2 N–H and O–H groups in total. The number of halogens is 1. The molecule has 0 spiro atoms. The van der Waals surface area contributed by atoms with Crippen LogP contribution in [0.25, 0.3) is 11.4 Å². The third-order valence-electron chi connectivity index (χ3n) is 4.13. The molecule has 0 atom stereocenters. The van der Waals surface area contributed by atoms with Gasteiger partial charge in [0.25, 0.3) is 0 Å². The Kier molecular flexibility index (Phi) is 4.86. The highest BCUT2D eigenvalue weighted by atomic mass is 19.1. The van der Waals surface area contributed by atoms with Crippen LogP contribution in [0.15, 0.2) is 30.3 Å². The molecule has 5 heteroatoms. The largest absolute Gasteiger partial charge is 0.367 e. The summed E-state index contributed by atoms with van der Waals surface area (Å²) in [4.78, 5) is 9.28. The maximum absolute atomic E-state index is 13.1. The quantitative estimate of drug-likeness (QED) is 0.906. The van der Waals surface area contributed by atoms with Crippen LogP contribution in [0.1, 0.15) is 38.3 Å². The number of hydrogen-bond acceptors (Lipinski definition) is 4. The predicted molar refractivity (Wildman–Crippen MR) is 91.0 cm³/mol. The van der Waals surface area contributed by atoms with E-state index < -0.39 is 0 Å². The van der Waals surface area contributed by atoms with Gasteiger partial charge in [0.1, 0.15) is 11.6 Å². The molecule has 1 aromatic heterocycles. The van der Waals surface area contributed by atoms with Gasteiger partial charge in [-0.2, -0.15) is 0 Å². The molecule has 1 aliphatic heterocycles. The first-order valence-corrected chi connectivity index (χ1v) is 8.24. The van der Waals surface area contributed by atoms with Gasteiger partial charge in [-0.3, -0.25) is 0 Å². The lowest BCUT2D eigenvalue weighted by molar-refractivity contribution is 0.478. The Morgan fingerprint density at radius 1 is 1.13 bits per heavy atom. The van der Waals surface area contributed by atoms with Crippen molar-refractivity contribution in [2.24, 2.45) is 0 Å². The Hall–Kier alpha value is -2.01. The maximum Gasteiger partial charge on any atom is 0.161 e. The molecule has 0 aliphatic carbocycles. The van der Waals surface area contributed by atoms with Gasteiger partial charge >= 0.3 is 0 Å². The molecular formula is C18H23FN4. The van der Waals surface area contributed by atoms with E-state index in [9.17, 15) is 4.39 Å². The standard InChI is InChI=1S/C18H23FN4/c1-12(2)16-11-17(21-15-7-9-20-10-8-15)23-18(22-16)13-3-5-14(19)6-4-13/h3-6,11-12,15,20H,7-10H2,1-2H3,(H,21,22,23). The number of benzene rings is 1. The Morgan fingerprint density at radius 2 is 1.83 bits per heavy atom. The van der Waals surface area contributed by atoms with Crippen molar-refractivity contribution in [3.63, 3.8) is 0 Å². The molecular weight excluding hydrogens is 291 g/mol. The molecule has 4 nitrogen and oxygen atoms in total. The topological polar surface area (TPSA) is 49.8 Å². The van der Waals surface area contributed by atoms with Crippen molar-refractivity contribution in [2.45, 2.75) is 38.6 Å². The molecule has 0 bridgehead atoms. The average molecular weight is 314 g/mol. The minimum absolute atomic E-state index is 0.248. The van der Waals surface area contributed by atoms with Crippen LogP contribution in [0.3, 0.4) is 0 Å². The minimum Gasteiger partial charge on any atom is -0.367 e. The Bertz CT molecular complexity index is 649. The van der Waals surface area contributed by atoms with Gasteiger partial charge in [-0.25, -0.2) is 14.4 Å². The summed E-state index contributed by atoms with van der Waals surface area (Å²) in [6.45, 7) is 6.30. The van der Waals surface area contributed by atoms with E-state index in [-0.39, 0.29) is 5.82 Å². The molecule has 1 fully saturated rings. The first-order valence-electron chi connectivity index (χ1n) is 8.24. The average Bonchev–Trinajstić information content (AvgIpc) is 2.56. The van der Waals surface area contributed by atoms with Crippen molar-refractivity contribution < 1.29 is 4.39 Å². The van der Waals surface area contributed by atoms with E-state index in [1.807, 2.05) is 6.07 Å². The van der Waals surface area contributed by atoms with Crippen LogP contribution < -0.4 is 10.6 Å². The van der Waals surface area contributed by atoms with E-state index in [1.54, 1.807) is 12.1 Å². The third-order valence-corrected chi connectivity index (χ3v) is 4.13. The normalized spacial score (nSPS) is 15.8. The fourth-order valence-corrected chi connectivity index (χ4v) is 2.74. The lowest BCUT2D eigenvalue weighted by atomic mass is 10.1. The van der Waals surface area contributed by atoms with Crippen LogP contribution in [0.5, 0.6) is 0 Å². The van der Waals surface area contributed by atoms with Crippen LogP contribution in [-0.4, -0.2) is 29.1 Å². The summed E-state index contributed by atoms with van der Waals surface area (Å²) in [5.74, 6) is 1.56. The van der Waals surface area contributed by atoms with E-state index >= 15 is 0 Å². The van der Waals surface area contributed by atoms with Gasteiger partial charge in [0.2, 0.25) is 0 Å². The van der Waals surface area contributed by atoms with E-state index in [0.717, 1.165) is 43.0 Å². The van der Waals surface area contributed by atoms with Gasteiger partial charge in [0.05, 0.1) is 0 Å². The molecule has 2 heterocycles. The van der Waals surface area contributed by atoms with Crippen LogP contribution in [0.4, 0.5) is 10.2 Å². The van der Waals surface area contributed by atoms with Crippen molar-refractivity contribution in [2.75, 3.05) is 18.4 Å². The van der Waals surface area contributed by atoms with Crippen molar-refractivity contribution in [3.05, 3.63) is 41.8 Å². The number of anilines is 1. The van der Waals surface area contributed by atoms with Crippen LogP contribution in [-0.2, 0) is 0 Å². The Morgan fingerprint density at radius 3 is 2.48 bits per heavy atom. The molecule has 1 aliphatic rings. The van der Waals surface area contributed by atoms with Gasteiger partial charge in [-0.15, -0.1) is 0 Å². The predicted octanol–water partition coefficient (Wildman–Crippen LogP) is 3.57. The molecule has 1 aromatic carbocycles. The summed E-state index contributed by atoms with van der Waals surface area (Å²) >= 11 is 0. The van der Waals surface area contributed by atoms with Crippen molar-refractivity contribution >= 4 is 5.82 Å². The summed E-state index contributed by atoms with van der Waals surface area (Å²) in [5, 5.41) is 6.90. The summed E-state index contributed by atoms with van der Waals surface area (Å²) in [7, 11) is 0. The third kappa shape index (κ3) is 4.05. The fraction of sp³-hybridized carbons (Fsp3) is 0.444. The SMILES string of the molecule is CC(C)c1cc(NC2CCNCC2)nc(-c2ccc(F)cc2)n1. The number of nitrogens with zero attached hydrogens (tertiary/aromatic N) is 2. The zero-order valence-corrected chi connectivity index (χ0v) is 13.6. The smallest absolute Gasteiger partial charge is 0.161 e. The summed E-state index contributed by atoms with van der Waals surface area (Å²) in [6, 6.07) is 8.81. The number of nitrogens with one attached hydrogen (secondary N) is 2. The molecule has 1 saturated heterocycles. The number of rotatable bonds is 4. The Balaban J connectivity index is 1.90. The van der Waals surface area contributed by atoms with Crippen molar-refractivity contribution in [1.82, 2.24) is 15.3 Å². The fourth-order valence-electron chi connectivity index (χ4n) is 2.74. The minimum atomic E-state index is -0.248. The first-order chi connectivity index (χ1) is 11.1. The second-order valence-electron chi connectivity index (χ2n) is 6.33. The van der Waals surface area contributed by atoms with Crippen LogP contribution in [0.2, 0.25) is 0 Å². The van der Waals surface area contributed by atoms with E-state index in [2.05, 4.69) is 34.4 Å². The molecule has 3 rings (SSSR count). The molecule has 0 unspecified atom stereocenters. The monoisotopic (exact) mass is 314 g/mol. The number of hydrogen-bond donors (Lipinski definition) is 2. The molecule has 122 valence electrons. The lowest BCUT2D eigenvalue weighted by Gasteiger charge is -2.24. The highest BCUT2D eigenvalue weighted by molar-refractivity contribution is 5.57. The highest BCUT2D eigenvalue weighted by Gasteiger charge is 2.15. The Labute approximate surface area is 136 Å². The summed E-state index contributed by atoms with van der Waals surface area (Å²) in [5.41, 5.74) is 1.83.